The summed E-state index contributed by atoms with van der Waals surface area (Å²) >= 11 is 0. The third-order valence-electron chi connectivity index (χ3n) is 6.13. The number of hydrogen-bond donors (Lipinski definition) is 1. The molecule has 1 aliphatic rings. The van der Waals surface area contributed by atoms with Gasteiger partial charge in [0.1, 0.15) is 11.5 Å². The second-order valence-electron chi connectivity index (χ2n) is 9.30. The van der Waals surface area contributed by atoms with E-state index in [2.05, 4.69) is 51.1 Å². The number of fused-ring (bicyclic) bond motifs is 1. The Labute approximate surface area is 186 Å². The maximum Gasteiger partial charge on any atom is 0.222 e. The number of anilines is 2. The van der Waals surface area contributed by atoms with Gasteiger partial charge in [0.15, 0.2) is 11.6 Å². The van der Waals surface area contributed by atoms with E-state index < -0.39 is 5.67 Å². The number of alkyl halides is 1. The van der Waals surface area contributed by atoms with Crippen molar-refractivity contribution >= 4 is 28.4 Å². The highest BCUT2D eigenvalue weighted by Gasteiger charge is 2.37. The maximum absolute atomic E-state index is 14.5. The Bertz CT molecular complexity index is 1170. The molecule has 0 saturated carbocycles. The number of rotatable bonds is 5. The predicted octanol–water partition coefficient (Wildman–Crippen LogP) is 2.90. The summed E-state index contributed by atoms with van der Waals surface area (Å²) in [6.07, 6.45) is 5.68. The molecule has 0 aromatic carbocycles. The Morgan fingerprint density at radius 1 is 1.28 bits per heavy atom. The Morgan fingerprint density at radius 3 is 2.66 bits per heavy atom. The molecule has 1 aliphatic heterocycles. The molecule has 170 valence electrons. The van der Waals surface area contributed by atoms with Crippen LogP contribution in [0, 0.1) is 0 Å². The van der Waals surface area contributed by atoms with Crippen LogP contribution in [0.5, 0.6) is 0 Å². The van der Waals surface area contributed by atoms with Crippen molar-refractivity contribution in [3.8, 4) is 5.82 Å². The van der Waals surface area contributed by atoms with Crippen LogP contribution >= 0.6 is 0 Å². The monoisotopic (exact) mass is 440 g/mol. The fourth-order valence-corrected chi connectivity index (χ4v) is 3.89. The minimum Gasteiger partial charge on any atom is -0.353 e. The highest BCUT2D eigenvalue weighted by Crippen LogP contribution is 2.35. The molecule has 1 fully saturated rings. The van der Waals surface area contributed by atoms with E-state index in [1.165, 1.54) is 27.0 Å². The summed E-state index contributed by atoms with van der Waals surface area (Å²) in [6, 6.07) is 1.75. The van der Waals surface area contributed by atoms with Crippen molar-refractivity contribution in [3.63, 3.8) is 0 Å². The zero-order valence-electron chi connectivity index (χ0n) is 19.3. The number of carbonyl (C=O) groups excluding carboxylic acids is 1. The van der Waals surface area contributed by atoms with Gasteiger partial charge < -0.3 is 15.1 Å². The molecule has 1 amide bonds. The standard InChI is InChI=1S/C22H29FN8O/c1-14(32)26-18-9-16-15(10-25-18)20(30-8-7-22(4,13-30)29(5)6)28-31(16)19-12-24-11-17(27-19)21(2,3)23/h9-12H,7-8,13H2,1-6H3,(H,25,26,32). The van der Waals surface area contributed by atoms with Gasteiger partial charge in [0.2, 0.25) is 5.91 Å². The molecule has 4 rings (SSSR count). The van der Waals surface area contributed by atoms with Crippen LogP contribution in [0.25, 0.3) is 16.7 Å². The van der Waals surface area contributed by atoms with Gasteiger partial charge in [-0.15, -0.1) is 5.10 Å². The van der Waals surface area contributed by atoms with Crippen molar-refractivity contribution in [3.05, 3.63) is 30.4 Å². The van der Waals surface area contributed by atoms with Crippen LogP contribution in [0.2, 0.25) is 0 Å². The number of nitrogens with one attached hydrogen (secondary N) is 1. The molecule has 10 heteroatoms. The summed E-state index contributed by atoms with van der Waals surface area (Å²) in [7, 11) is 4.17. The zero-order valence-corrected chi connectivity index (χ0v) is 19.3. The number of halogens is 1. The van der Waals surface area contributed by atoms with Gasteiger partial charge >= 0.3 is 0 Å². The lowest BCUT2D eigenvalue weighted by atomic mass is 10.0. The van der Waals surface area contributed by atoms with Crippen LogP contribution in [0.3, 0.4) is 0 Å². The number of pyridine rings is 1. The largest absolute Gasteiger partial charge is 0.353 e. The lowest BCUT2D eigenvalue weighted by Gasteiger charge is -2.32. The van der Waals surface area contributed by atoms with E-state index in [-0.39, 0.29) is 17.1 Å². The third kappa shape index (κ3) is 4.02. The molecule has 1 unspecified atom stereocenters. The molecule has 4 heterocycles. The first-order valence-electron chi connectivity index (χ1n) is 10.6. The van der Waals surface area contributed by atoms with Crippen molar-refractivity contribution in [1.82, 2.24) is 29.6 Å². The Morgan fingerprint density at radius 2 is 2.03 bits per heavy atom. The van der Waals surface area contributed by atoms with Gasteiger partial charge in [-0.05, 0) is 41.3 Å². The summed E-state index contributed by atoms with van der Waals surface area (Å²) in [5, 5.41) is 8.39. The Balaban J connectivity index is 1.86. The number of carbonyl (C=O) groups is 1. The highest BCUT2D eigenvalue weighted by atomic mass is 19.1. The maximum atomic E-state index is 14.5. The predicted molar refractivity (Wildman–Crippen MR) is 122 cm³/mol. The fourth-order valence-electron chi connectivity index (χ4n) is 3.89. The van der Waals surface area contributed by atoms with Crippen LogP contribution in [-0.2, 0) is 10.5 Å². The number of hydrogen-bond acceptors (Lipinski definition) is 7. The Hall–Kier alpha value is -3.14. The van der Waals surface area contributed by atoms with E-state index in [0.29, 0.717) is 17.2 Å². The summed E-state index contributed by atoms with van der Waals surface area (Å²) < 4.78 is 16.2. The van der Waals surface area contributed by atoms with Gasteiger partial charge in [0, 0.05) is 37.8 Å². The fraction of sp³-hybridized carbons (Fsp3) is 0.500. The first kappa shape index (κ1) is 22.1. The molecule has 3 aromatic rings. The SMILES string of the molecule is CC(=O)Nc1cc2c(cn1)c(N1CCC(C)(N(C)C)C1)nn2-c1cncc(C(C)(C)F)n1. The summed E-state index contributed by atoms with van der Waals surface area (Å²) in [5.74, 6) is 1.37. The van der Waals surface area contributed by atoms with Gasteiger partial charge in [-0.25, -0.2) is 19.0 Å². The quantitative estimate of drug-likeness (QED) is 0.652. The van der Waals surface area contributed by atoms with Gasteiger partial charge in [0.05, 0.1) is 29.0 Å². The highest BCUT2D eigenvalue weighted by molar-refractivity contribution is 5.95. The topological polar surface area (TPSA) is 92.1 Å². The first-order chi connectivity index (χ1) is 15.0. The number of nitrogens with zero attached hydrogens (tertiary/aromatic N) is 7. The van der Waals surface area contributed by atoms with Gasteiger partial charge in [0.25, 0.3) is 0 Å². The minimum absolute atomic E-state index is 0.0254. The Kier molecular flexibility index (Phi) is 5.36. The van der Waals surface area contributed by atoms with Crippen LogP contribution in [0.1, 0.15) is 39.8 Å². The second kappa shape index (κ2) is 7.77. The van der Waals surface area contributed by atoms with Gasteiger partial charge in [-0.1, -0.05) is 0 Å². The molecular formula is C22H29FN8O. The summed E-state index contributed by atoms with van der Waals surface area (Å²) in [4.78, 5) is 29.1. The van der Waals surface area contributed by atoms with Crippen LogP contribution in [0.4, 0.5) is 16.0 Å². The average molecular weight is 441 g/mol. The number of aromatic nitrogens is 5. The lowest BCUT2D eigenvalue weighted by molar-refractivity contribution is -0.114. The van der Waals surface area contributed by atoms with E-state index in [4.69, 9.17) is 5.10 Å². The van der Waals surface area contributed by atoms with Crippen molar-refractivity contribution in [2.24, 2.45) is 0 Å². The zero-order chi connectivity index (χ0) is 23.3. The molecule has 1 saturated heterocycles. The van der Waals surface area contributed by atoms with Crippen LogP contribution < -0.4 is 10.2 Å². The molecule has 0 aliphatic carbocycles. The molecule has 0 spiro atoms. The van der Waals surface area contributed by atoms with E-state index in [1.54, 1.807) is 23.1 Å². The molecule has 1 N–H and O–H groups in total. The van der Waals surface area contributed by atoms with Crippen LogP contribution in [-0.4, -0.2) is 68.3 Å². The summed E-state index contributed by atoms with van der Waals surface area (Å²) in [5.41, 5.74) is -0.685. The summed E-state index contributed by atoms with van der Waals surface area (Å²) in [6.45, 7) is 8.20. The minimum atomic E-state index is -1.64. The molecular weight excluding hydrogens is 411 g/mol. The smallest absolute Gasteiger partial charge is 0.222 e. The average Bonchev–Trinajstić information content (AvgIpc) is 3.28. The molecule has 0 radical (unpaired) electrons. The van der Waals surface area contributed by atoms with E-state index in [1.807, 2.05) is 0 Å². The van der Waals surface area contributed by atoms with Crippen LogP contribution in [0.15, 0.2) is 24.7 Å². The van der Waals surface area contributed by atoms with Crippen molar-refractivity contribution in [2.45, 2.75) is 45.3 Å². The lowest BCUT2D eigenvalue weighted by Crippen LogP contribution is -2.43. The van der Waals surface area contributed by atoms with Crippen molar-refractivity contribution in [2.75, 3.05) is 37.4 Å². The normalized spacial score (nSPS) is 19.2. The van der Waals surface area contributed by atoms with E-state index >= 15 is 0 Å². The second-order valence-corrected chi connectivity index (χ2v) is 9.30. The van der Waals surface area contributed by atoms with Gasteiger partial charge in [-0.2, -0.15) is 0 Å². The number of likely N-dealkylation sites (N-methyl/N-ethyl adjacent to an activating group) is 1. The molecule has 1 atom stereocenters. The van der Waals surface area contributed by atoms with Crippen molar-refractivity contribution in [1.29, 1.82) is 0 Å². The molecule has 0 bridgehead atoms. The first-order valence-corrected chi connectivity index (χ1v) is 10.6. The molecule has 32 heavy (non-hydrogen) atoms. The third-order valence-corrected chi connectivity index (χ3v) is 6.13. The molecule has 3 aromatic heterocycles. The van der Waals surface area contributed by atoms with E-state index in [0.717, 1.165) is 30.7 Å². The van der Waals surface area contributed by atoms with E-state index in [9.17, 15) is 9.18 Å². The van der Waals surface area contributed by atoms with Gasteiger partial charge in [-0.3, -0.25) is 9.78 Å². The van der Waals surface area contributed by atoms with Crippen molar-refractivity contribution < 1.29 is 9.18 Å². The number of amides is 1. The molecule has 9 nitrogen and oxygen atoms in total.